The Labute approximate surface area is 263 Å². The van der Waals surface area contributed by atoms with E-state index in [1.807, 2.05) is 54.8 Å². The zero-order valence-corrected chi connectivity index (χ0v) is 27.1. The molecule has 0 amide bonds. The van der Waals surface area contributed by atoms with Gasteiger partial charge in [-0.25, -0.2) is 0 Å². The van der Waals surface area contributed by atoms with Crippen molar-refractivity contribution in [2.24, 2.45) is 0 Å². The van der Waals surface area contributed by atoms with E-state index in [0.29, 0.717) is 22.4 Å². The summed E-state index contributed by atoms with van der Waals surface area (Å²) in [5, 5.41) is 29.9. The average Bonchev–Trinajstić information content (AvgIpc) is 3.32. The number of aliphatic hydroxyl groups excluding tert-OH is 2. The van der Waals surface area contributed by atoms with Crippen LogP contribution in [0.2, 0.25) is 0 Å². The molecule has 0 saturated heterocycles. The van der Waals surface area contributed by atoms with Gasteiger partial charge in [0, 0.05) is 0 Å². The van der Waals surface area contributed by atoms with Gasteiger partial charge >= 0.3 is 264 Å². The predicted molar refractivity (Wildman–Crippen MR) is 170 cm³/mol. The summed E-state index contributed by atoms with van der Waals surface area (Å²) < 4.78 is 16.9. The van der Waals surface area contributed by atoms with Crippen LogP contribution in [0.15, 0.2) is 78.9 Å². The van der Waals surface area contributed by atoms with Gasteiger partial charge in [-0.15, -0.1) is 0 Å². The van der Waals surface area contributed by atoms with Gasteiger partial charge < -0.3 is 0 Å². The molecule has 3 N–H and O–H groups in total. The Morgan fingerprint density at radius 3 is 2.18 bits per heavy atom. The summed E-state index contributed by atoms with van der Waals surface area (Å²) >= 11 is -1.40. The topological polar surface area (TPSA) is 117 Å². The Morgan fingerprint density at radius 1 is 0.886 bits per heavy atom. The Balaban J connectivity index is 1.90. The Bertz CT molecular complexity index is 1630. The normalized spacial score (nSPS) is 13.0. The number of rotatable bonds is 14. The molecule has 44 heavy (non-hydrogen) atoms. The van der Waals surface area contributed by atoms with Crippen molar-refractivity contribution in [1.29, 1.82) is 0 Å². The van der Waals surface area contributed by atoms with Crippen LogP contribution in [0.4, 0.5) is 4.39 Å². The zero-order chi connectivity index (χ0) is 32.0. The number of carboxylic acids is 1. The van der Waals surface area contributed by atoms with Gasteiger partial charge in [0.05, 0.1) is 0 Å². The number of halogens is 1. The molecule has 4 rings (SSSR count). The molecule has 230 valence electrons. The van der Waals surface area contributed by atoms with E-state index >= 15 is 0 Å². The minimum absolute atomic E-state index is 0.0206. The molecule has 0 aliphatic heterocycles. The number of carboxylic acid groups (broad SMARTS) is 1. The third kappa shape index (κ3) is 8.00. The summed E-state index contributed by atoms with van der Waals surface area (Å²) in [6, 6.07) is 22.8. The number of ketones is 1. The number of aromatic nitrogens is 1. The Morgan fingerprint density at radius 2 is 1.57 bits per heavy atom. The first-order valence-electron chi connectivity index (χ1n) is 14.5. The maximum absolute atomic E-state index is 14.4. The molecule has 1 aromatic heterocycles. The fraction of sp³-hybridized carbons (Fsp3) is 0.286. The van der Waals surface area contributed by atoms with Crippen LogP contribution in [0, 0.1) is 5.82 Å². The molecule has 0 radical (unpaired) electrons. The number of aliphatic carboxylic acids is 1. The summed E-state index contributed by atoms with van der Waals surface area (Å²) in [6.07, 6.45) is -2.56. The Hall–Kier alpha value is -3.84. The van der Waals surface area contributed by atoms with E-state index in [0.717, 1.165) is 21.2 Å². The van der Waals surface area contributed by atoms with Gasteiger partial charge in [0.25, 0.3) is 0 Å². The summed E-state index contributed by atoms with van der Waals surface area (Å²) in [7, 11) is 0. The monoisotopic (exact) mass is 661 g/mol. The second-order valence-corrected chi connectivity index (χ2v) is 13.9. The standard InChI is InChI=1S/C35H37AsFNO6/c1-21(2)33-32(35(44)36-26-11-7-10-25(18-26)22(3)39)31(23-8-5-4-6-9-23)34(24-12-14-27(37)15-13-24)38(33)17-16-28(40)19-29(41)20-30(42)43/h4-15,18,21,28-29,36,40-41H,16-17,19-20H2,1-3H3,(H,42,43)/t28-,29-/m1/s1. The van der Waals surface area contributed by atoms with Crippen LogP contribution >= 0.6 is 0 Å². The van der Waals surface area contributed by atoms with Crippen LogP contribution in [-0.4, -0.2) is 64.2 Å². The number of Topliss-reactive ketones (excluding diaryl/α,β-unsaturated/α-hetero) is 1. The number of benzene rings is 3. The molecule has 0 aliphatic carbocycles. The van der Waals surface area contributed by atoms with E-state index < -0.39 is 46.2 Å². The van der Waals surface area contributed by atoms with Crippen LogP contribution in [0.1, 0.15) is 72.4 Å². The van der Waals surface area contributed by atoms with Crippen LogP contribution in [0.3, 0.4) is 0 Å². The van der Waals surface area contributed by atoms with Crippen LogP contribution in [0.5, 0.6) is 0 Å². The second kappa shape index (κ2) is 14.8. The van der Waals surface area contributed by atoms with Gasteiger partial charge in [0.1, 0.15) is 0 Å². The van der Waals surface area contributed by atoms with Gasteiger partial charge in [0.15, 0.2) is 0 Å². The van der Waals surface area contributed by atoms with E-state index in [4.69, 9.17) is 5.11 Å². The molecule has 0 saturated carbocycles. The number of hydrogen-bond acceptors (Lipinski definition) is 5. The summed E-state index contributed by atoms with van der Waals surface area (Å²) in [5.74, 6) is -1.73. The van der Waals surface area contributed by atoms with E-state index in [-0.39, 0.29) is 35.7 Å². The van der Waals surface area contributed by atoms with Crippen LogP contribution < -0.4 is 4.35 Å². The van der Waals surface area contributed by atoms with Gasteiger partial charge in [-0.3, -0.25) is 0 Å². The molecule has 4 aromatic rings. The predicted octanol–water partition coefficient (Wildman–Crippen LogP) is 5.17. The first-order valence-corrected chi connectivity index (χ1v) is 16.6. The van der Waals surface area contributed by atoms with Gasteiger partial charge in [-0.1, -0.05) is 0 Å². The first kappa shape index (κ1) is 33.1. The van der Waals surface area contributed by atoms with Crippen molar-refractivity contribution in [3.63, 3.8) is 0 Å². The fourth-order valence-corrected chi connectivity index (χ4v) is 7.70. The molecular formula is C35H37AsFNO6. The van der Waals surface area contributed by atoms with Crippen molar-refractivity contribution >= 4 is 36.4 Å². The first-order chi connectivity index (χ1) is 21.0. The SMILES string of the molecule is CC(=O)c1cccc([AsH]C(=O)c2c(-c3ccccc3)c(-c3ccc(F)cc3)n(CC[C@@H](O)C[C@@H](O)CC(=O)O)c2C(C)C)c1. The molecule has 9 heteroatoms. The van der Waals surface area contributed by atoms with E-state index in [1.54, 1.807) is 30.3 Å². The molecule has 3 atom stereocenters. The van der Waals surface area contributed by atoms with Crippen molar-refractivity contribution in [1.82, 2.24) is 4.57 Å². The number of nitrogens with zero attached hydrogens (tertiary/aromatic N) is 1. The van der Waals surface area contributed by atoms with Crippen molar-refractivity contribution in [3.8, 4) is 22.4 Å². The number of hydrogen-bond donors (Lipinski definition) is 3. The average molecular weight is 662 g/mol. The van der Waals surface area contributed by atoms with Crippen LogP contribution in [-0.2, 0) is 11.3 Å². The molecular weight excluding hydrogens is 624 g/mol. The molecule has 1 unspecified atom stereocenters. The van der Waals surface area contributed by atoms with Crippen molar-refractivity contribution in [3.05, 3.63) is 102 Å². The van der Waals surface area contributed by atoms with E-state index in [9.17, 15) is 29.0 Å². The molecule has 7 nitrogen and oxygen atoms in total. The minimum atomic E-state index is -1.40. The van der Waals surface area contributed by atoms with Crippen molar-refractivity contribution in [2.75, 3.05) is 0 Å². The second-order valence-electron chi connectivity index (χ2n) is 11.2. The van der Waals surface area contributed by atoms with Gasteiger partial charge in [-0.05, 0) is 0 Å². The molecule has 0 bridgehead atoms. The summed E-state index contributed by atoms with van der Waals surface area (Å²) in [5.41, 5.74) is 4.85. The third-order valence-electron chi connectivity index (χ3n) is 7.43. The maximum atomic E-state index is 14.4. The van der Waals surface area contributed by atoms with Crippen molar-refractivity contribution in [2.45, 2.75) is 64.7 Å². The number of carbonyl (C=O) groups is 3. The number of carbonyl (C=O) groups excluding carboxylic acids is 2. The van der Waals surface area contributed by atoms with E-state index in [2.05, 4.69) is 0 Å². The summed E-state index contributed by atoms with van der Waals surface area (Å²) in [6.45, 7) is 5.76. The molecule has 0 fully saturated rings. The molecule has 1 heterocycles. The summed E-state index contributed by atoms with van der Waals surface area (Å²) in [4.78, 5) is 37.5. The van der Waals surface area contributed by atoms with Gasteiger partial charge in [-0.2, -0.15) is 0 Å². The zero-order valence-electron chi connectivity index (χ0n) is 25.0. The number of aliphatic hydroxyl groups is 2. The fourth-order valence-electron chi connectivity index (χ4n) is 5.50. The van der Waals surface area contributed by atoms with E-state index in [1.165, 1.54) is 19.1 Å². The molecule has 0 spiro atoms. The quantitative estimate of drug-likeness (QED) is 0.127. The Kier molecular flexibility index (Phi) is 11.1. The van der Waals surface area contributed by atoms with Crippen LogP contribution in [0.25, 0.3) is 22.4 Å². The van der Waals surface area contributed by atoms with Gasteiger partial charge in [0.2, 0.25) is 0 Å². The molecule has 3 aromatic carbocycles. The molecule has 0 aliphatic rings. The third-order valence-corrected chi connectivity index (χ3v) is 9.68. The van der Waals surface area contributed by atoms with Crippen molar-refractivity contribution < 1.29 is 34.1 Å².